The average Bonchev–Trinajstić information content (AvgIpc) is 2.62. The van der Waals surface area contributed by atoms with Gasteiger partial charge in [0, 0.05) is 18.1 Å². The largest absolute Gasteiger partial charge is 0.497 e. The van der Waals surface area contributed by atoms with Gasteiger partial charge in [0.05, 0.1) is 32.6 Å². The van der Waals surface area contributed by atoms with Crippen LogP contribution in [0.15, 0.2) is 42.5 Å². The maximum absolute atomic E-state index is 12.4. The lowest BCUT2D eigenvalue weighted by Gasteiger charge is -2.26. The van der Waals surface area contributed by atoms with E-state index in [1.807, 2.05) is 24.3 Å². The zero-order valence-electron chi connectivity index (χ0n) is 13.7. The molecule has 0 radical (unpaired) electrons. The van der Waals surface area contributed by atoms with Crippen LogP contribution in [0.1, 0.15) is 18.0 Å². The second-order valence-electron chi connectivity index (χ2n) is 5.39. The summed E-state index contributed by atoms with van der Waals surface area (Å²) in [6.07, 6.45) is 0.726. The summed E-state index contributed by atoms with van der Waals surface area (Å²) in [4.78, 5) is 12.4. The fraction of sp³-hybridized carbons (Fsp3) is 0.278. The lowest BCUT2D eigenvalue weighted by atomic mass is 10.0. The van der Waals surface area contributed by atoms with Gasteiger partial charge in [-0.05, 0) is 18.2 Å². The molecule has 0 aliphatic carbocycles. The Labute approximate surface area is 140 Å². The van der Waals surface area contributed by atoms with Gasteiger partial charge in [-0.25, -0.2) is 4.79 Å². The number of hydrogen-bond donors (Lipinski definition) is 2. The van der Waals surface area contributed by atoms with E-state index in [-0.39, 0.29) is 12.1 Å². The molecule has 0 saturated heterocycles. The number of methoxy groups -OCH3 is 2. The van der Waals surface area contributed by atoms with Crippen molar-refractivity contribution in [1.29, 1.82) is 0 Å². The van der Waals surface area contributed by atoms with Gasteiger partial charge in [-0.1, -0.05) is 18.2 Å². The molecule has 0 saturated carbocycles. The van der Waals surface area contributed by atoms with E-state index < -0.39 is 0 Å². The summed E-state index contributed by atoms with van der Waals surface area (Å²) in [5, 5.41) is 5.81. The van der Waals surface area contributed by atoms with Crippen LogP contribution in [-0.2, 0) is 0 Å². The highest BCUT2D eigenvalue weighted by Crippen LogP contribution is 2.32. The molecular weight excluding hydrogens is 308 g/mol. The van der Waals surface area contributed by atoms with E-state index in [4.69, 9.17) is 14.2 Å². The molecule has 2 aromatic rings. The SMILES string of the molecule is COc1ccc(NC(=O)NC2CCOc3ccccc32)c(OC)c1. The lowest BCUT2D eigenvalue weighted by Crippen LogP contribution is -2.35. The first-order valence-electron chi connectivity index (χ1n) is 7.72. The number of carbonyl (C=O) groups excluding carboxylic acids is 1. The zero-order valence-corrected chi connectivity index (χ0v) is 13.7. The molecule has 6 heteroatoms. The Kier molecular flexibility index (Phi) is 4.74. The molecule has 0 spiro atoms. The first-order valence-corrected chi connectivity index (χ1v) is 7.72. The van der Waals surface area contributed by atoms with Crippen LogP contribution in [-0.4, -0.2) is 26.9 Å². The summed E-state index contributed by atoms with van der Waals surface area (Å²) in [5.41, 5.74) is 1.57. The number of para-hydroxylation sites is 1. The number of amides is 2. The molecule has 1 aliphatic heterocycles. The van der Waals surface area contributed by atoms with E-state index in [1.54, 1.807) is 32.4 Å². The van der Waals surface area contributed by atoms with Gasteiger partial charge >= 0.3 is 6.03 Å². The minimum absolute atomic E-state index is 0.0841. The first kappa shape index (κ1) is 16.0. The van der Waals surface area contributed by atoms with Crippen LogP contribution in [0.5, 0.6) is 17.2 Å². The number of benzene rings is 2. The van der Waals surface area contributed by atoms with Crippen molar-refractivity contribution >= 4 is 11.7 Å². The molecule has 2 aromatic carbocycles. The van der Waals surface area contributed by atoms with Gasteiger partial charge in [0.1, 0.15) is 17.2 Å². The number of anilines is 1. The average molecular weight is 328 g/mol. The molecule has 1 unspecified atom stereocenters. The Morgan fingerprint density at radius 1 is 1.17 bits per heavy atom. The second kappa shape index (κ2) is 7.12. The van der Waals surface area contributed by atoms with Crippen LogP contribution in [0.4, 0.5) is 10.5 Å². The van der Waals surface area contributed by atoms with Crippen LogP contribution in [0.25, 0.3) is 0 Å². The highest BCUT2D eigenvalue weighted by molar-refractivity contribution is 5.91. The minimum atomic E-state index is -0.292. The Bertz CT molecular complexity index is 733. The van der Waals surface area contributed by atoms with Crippen LogP contribution in [0, 0.1) is 0 Å². The van der Waals surface area contributed by atoms with Gasteiger partial charge in [-0.2, -0.15) is 0 Å². The van der Waals surface area contributed by atoms with Crippen molar-refractivity contribution in [3.8, 4) is 17.2 Å². The Morgan fingerprint density at radius 3 is 2.79 bits per heavy atom. The molecular formula is C18H20N2O4. The normalized spacial score (nSPS) is 15.7. The Hall–Kier alpha value is -2.89. The smallest absolute Gasteiger partial charge is 0.319 e. The number of ether oxygens (including phenoxy) is 3. The topological polar surface area (TPSA) is 68.8 Å². The molecule has 1 heterocycles. The molecule has 24 heavy (non-hydrogen) atoms. The molecule has 2 N–H and O–H groups in total. The number of carbonyl (C=O) groups is 1. The van der Waals surface area contributed by atoms with Crippen molar-refractivity contribution in [2.45, 2.75) is 12.5 Å². The monoisotopic (exact) mass is 328 g/mol. The van der Waals surface area contributed by atoms with Crippen molar-refractivity contribution < 1.29 is 19.0 Å². The molecule has 1 aliphatic rings. The van der Waals surface area contributed by atoms with Crippen molar-refractivity contribution in [3.63, 3.8) is 0 Å². The third kappa shape index (κ3) is 3.37. The number of rotatable bonds is 4. The van der Waals surface area contributed by atoms with Gasteiger partial charge in [-0.15, -0.1) is 0 Å². The van der Waals surface area contributed by atoms with Crippen molar-refractivity contribution in [1.82, 2.24) is 5.32 Å². The molecule has 0 fully saturated rings. The van der Waals surface area contributed by atoms with Gasteiger partial charge in [0.2, 0.25) is 0 Å². The summed E-state index contributed by atoms with van der Waals surface area (Å²) in [5.74, 6) is 2.02. The lowest BCUT2D eigenvalue weighted by molar-refractivity contribution is 0.232. The third-order valence-electron chi connectivity index (χ3n) is 3.92. The van der Waals surface area contributed by atoms with Crippen LogP contribution < -0.4 is 24.8 Å². The maximum Gasteiger partial charge on any atom is 0.319 e. The van der Waals surface area contributed by atoms with Gasteiger partial charge in [-0.3, -0.25) is 0 Å². The number of nitrogens with one attached hydrogen (secondary N) is 2. The minimum Gasteiger partial charge on any atom is -0.497 e. The molecule has 6 nitrogen and oxygen atoms in total. The van der Waals surface area contributed by atoms with Crippen LogP contribution in [0.3, 0.4) is 0 Å². The second-order valence-corrected chi connectivity index (χ2v) is 5.39. The van der Waals surface area contributed by atoms with Crippen molar-refractivity contribution in [2.24, 2.45) is 0 Å². The van der Waals surface area contributed by atoms with E-state index in [0.29, 0.717) is 23.8 Å². The number of fused-ring (bicyclic) bond motifs is 1. The molecule has 0 bridgehead atoms. The fourth-order valence-corrected chi connectivity index (χ4v) is 2.71. The summed E-state index contributed by atoms with van der Waals surface area (Å²) >= 11 is 0. The van der Waals surface area contributed by atoms with E-state index in [1.165, 1.54) is 0 Å². The fourth-order valence-electron chi connectivity index (χ4n) is 2.71. The Balaban J connectivity index is 1.71. The maximum atomic E-state index is 12.4. The third-order valence-corrected chi connectivity index (χ3v) is 3.92. The predicted molar refractivity (Wildman–Crippen MR) is 91.0 cm³/mol. The van der Waals surface area contributed by atoms with Crippen LogP contribution in [0.2, 0.25) is 0 Å². The summed E-state index contributed by atoms with van der Waals surface area (Å²) in [7, 11) is 3.13. The Morgan fingerprint density at radius 2 is 2.00 bits per heavy atom. The van der Waals surface area contributed by atoms with E-state index in [9.17, 15) is 4.79 Å². The van der Waals surface area contributed by atoms with Crippen molar-refractivity contribution in [2.75, 3.05) is 26.1 Å². The van der Waals surface area contributed by atoms with Crippen molar-refractivity contribution in [3.05, 3.63) is 48.0 Å². The molecule has 0 aromatic heterocycles. The van der Waals surface area contributed by atoms with Gasteiger partial charge < -0.3 is 24.8 Å². The van der Waals surface area contributed by atoms with E-state index >= 15 is 0 Å². The standard InChI is InChI=1S/C18H20N2O4/c1-22-12-7-8-15(17(11-12)23-2)20-18(21)19-14-9-10-24-16-6-4-3-5-13(14)16/h3-8,11,14H,9-10H2,1-2H3,(H2,19,20,21). The first-order chi connectivity index (χ1) is 11.7. The van der Waals surface area contributed by atoms with E-state index in [2.05, 4.69) is 10.6 Å². The zero-order chi connectivity index (χ0) is 16.9. The van der Waals surface area contributed by atoms with E-state index in [0.717, 1.165) is 17.7 Å². The summed E-state index contributed by atoms with van der Waals surface area (Å²) in [6, 6.07) is 12.6. The van der Waals surface area contributed by atoms with Gasteiger partial charge in [0.15, 0.2) is 0 Å². The number of urea groups is 1. The molecule has 3 rings (SSSR count). The quantitative estimate of drug-likeness (QED) is 0.903. The summed E-state index contributed by atoms with van der Waals surface area (Å²) < 4.78 is 16.1. The predicted octanol–water partition coefficient (Wildman–Crippen LogP) is 3.35. The highest BCUT2D eigenvalue weighted by atomic mass is 16.5. The van der Waals surface area contributed by atoms with Gasteiger partial charge in [0.25, 0.3) is 0 Å². The molecule has 126 valence electrons. The highest BCUT2D eigenvalue weighted by Gasteiger charge is 2.22. The molecule has 1 atom stereocenters. The molecule has 2 amide bonds. The summed E-state index contributed by atoms with van der Waals surface area (Å²) in [6.45, 7) is 0.577. The van der Waals surface area contributed by atoms with Crippen LogP contribution >= 0.6 is 0 Å². The number of hydrogen-bond acceptors (Lipinski definition) is 4.